The third kappa shape index (κ3) is 3.54. The van der Waals surface area contributed by atoms with Crippen molar-refractivity contribution in [2.75, 3.05) is 0 Å². The molecule has 4 rings (SSSR count). The van der Waals surface area contributed by atoms with Crippen LogP contribution in [-0.2, 0) is 4.79 Å². The molecular formula is C28H46O2. The van der Waals surface area contributed by atoms with Crippen LogP contribution in [0.3, 0.4) is 0 Å². The zero-order valence-electron chi connectivity index (χ0n) is 20.4. The van der Waals surface area contributed by atoms with Crippen LogP contribution in [0.15, 0.2) is 11.6 Å². The van der Waals surface area contributed by atoms with Gasteiger partial charge in [0.15, 0.2) is 5.78 Å². The average Bonchev–Trinajstić information content (AvgIpc) is 3.04. The quantitative estimate of drug-likeness (QED) is 0.536. The molecule has 4 aliphatic carbocycles. The molecule has 0 aromatic heterocycles. The first-order valence-electron chi connectivity index (χ1n) is 13.0. The van der Waals surface area contributed by atoms with Gasteiger partial charge in [-0.2, -0.15) is 0 Å². The first-order valence-corrected chi connectivity index (χ1v) is 13.0. The van der Waals surface area contributed by atoms with E-state index in [2.05, 4.69) is 41.5 Å². The lowest BCUT2D eigenvalue weighted by Crippen LogP contribution is -2.53. The Bertz CT molecular complexity index is 693. The summed E-state index contributed by atoms with van der Waals surface area (Å²) >= 11 is 0. The summed E-state index contributed by atoms with van der Waals surface area (Å²) in [6, 6.07) is 0. The molecule has 0 spiro atoms. The summed E-state index contributed by atoms with van der Waals surface area (Å²) in [6.07, 6.45) is 12.1. The zero-order chi connectivity index (χ0) is 21.8. The van der Waals surface area contributed by atoms with Crippen LogP contribution in [0, 0.1) is 52.3 Å². The Hall–Kier alpha value is -0.630. The van der Waals surface area contributed by atoms with E-state index in [9.17, 15) is 9.90 Å². The van der Waals surface area contributed by atoms with Gasteiger partial charge in [0, 0.05) is 6.42 Å². The fourth-order valence-corrected chi connectivity index (χ4v) is 8.57. The normalized spacial score (nSPS) is 45.4. The predicted molar refractivity (Wildman–Crippen MR) is 124 cm³/mol. The third-order valence-electron chi connectivity index (χ3n) is 10.9. The number of carbonyl (C=O) groups excluding carboxylic acids is 1. The van der Waals surface area contributed by atoms with Crippen LogP contribution in [0.2, 0.25) is 0 Å². The standard InChI is InChI=1S/C28H46O2/c1-17(2)18(3)7-8-19(4)22-9-10-23-21-16-26(30)25-15-20(29)11-13-28(25,6)24(21)12-14-27(22,23)5/h15,17-24,29H,7-14,16H2,1-6H3. The summed E-state index contributed by atoms with van der Waals surface area (Å²) in [6.45, 7) is 14.6. The van der Waals surface area contributed by atoms with Gasteiger partial charge < -0.3 is 5.11 Å². The van der Waals surface area contributed by atoms with Crippen LogP contribution in [0.5, 0.6) is 0 Å². The lowest BCUT2D eigenvalue weighted by atomic mass is 9.46. The largest absolute Gasteiger partial charge is 0.389 e. The second-order valence-corrected chi connectivity index (χ2v) is 12.6. The van der Waals surface area contributed by atoms with Crippen molar-refractivity contribution in [2.45, 2.75) is 105 Å². The number of fused-ring (bicyclic) bond motifs is 5. The molecule has 0 heterocycles. The minimum atomic E-state index is -0.410. The van der Waals surface area contributed by atoms with Gasteiger partial charge >= 0.3 is 0 Å². The van der Waals surface area contributed by atoms with Gasteiger partial charge in [-0.3, -0.25) is 4.79 Å². The Morgan fingerprint density at radius 2 is 1.73 bits per heavy atom. The highest BCUT2D eigenvalue weighted by Crippen LogP contribution is 2.67. The SMILES string of the molecule is CC(C)C(C)CCC(C)C1CCC2C3CC(=O)C4=CC(O)CCC4(C)C3CCC12C. The molecule has 1 N–H and O–H groups in total. The molecule has 30 heavy (non-hydrogen) atoms. The van der Waals surface area contributed by atoms with Gasteiger partial charge in [-0.15, -0.1) is 0 Å². The highest BCUT2D eigenvalue weighted by atomic mass is 16.3. The second-order valence-electron chi connectivity index (χ2n) is 12.6. The molecule has 0 aliphatic heterocycles. The molecule has 0 aromatic rings. The number of aliphatic hydroxyl groups excluding tert-OH is 1. The molecule has 2 nitrogen and oxygen atoms in total. The lowest BCUT2D eigenvalue weighted by Gasteiger charge is -2.58. The summed E-state index contributed by atoms with van der Waals surface area (Å²) in [7, 11) is 0. The van der Waals surface area contributed by atoms with Crippen molar-refractivity contribution >= 4 is 5.78 Å². The Morgan fingerprint density at radius 3 is 2.43 bits per heavy atom. The lowest BCUT2D eigenvalue weighted by molar-refractivity contribution is -0.129. The number of carbonyl (C=O) groups is 1. The van der Waals surface area contributed by atoms with Crippen molar-refractivity contribution in [3.8, 4) is 0 Å². The van der Waals surface area contributed by atoms with Crippen molar-refractivity contribution in [1.29, 1.82) is 0 Å². The van der Waals surface area contributed by atoms with Crippen molar-refractivity contribution < 1.29 is 9.90 Å². The van der Waals surface area contributed by atoms with E-state index in [0.29, 0.717) is 23.0 Å². The Morgan fingerprint density at radius 1 is 1.00 bits per heavy atom. The molecule has 3 fully saturated rings. The molecule has 0 saturated heterocycles. The van der Waals surface area contributed by atoms with E-state index >= 15 is 0 Å². The number of aliphatic hydroxyl groups is 1. The molecule has 170 valence electrons. The van der Waals surface area contributed by atoms with Crippen LogP contribution in [0.4, 0.5) is 0 Å². The molecule has 0 radical (unpaired) electrons. The minimum absolute atomic E-state index is 0.0109. The first kappa shape index (κ1) is 22.6. The van der Waals surface area contributed by atoms with Gasteiger partial charge in [-0.25, -0.2) is 0 Å². The highest BCUT2D eigenvalue weighted by Gasteiger charge is 2.60. The fourth-order valence-electron chi connectivity index (χ4n) is 8.57. The van der Waals surface area contributed by atoms with Gasteiger partial charge in [0.05, 0.1) is 6.10 Å². The maximum absolute atomic E-state index is 13.2. The van der Waals surface area contributed by atoms with Crippen LogP contribution in [0.1, 0.15) is 99.3 Å². The van der Waals surface area contributed by atoms with Gasteiger partial charge in [0.25, 0.3) is 0 Å². The van der Waals surface area contributed by atoms with Crippen molar-refractivity contribution in [3.63, 3.8) is 0 Å². The monoisotopic (exact) mass is 414 g/mol. The summed E-state index contributed by atoms with van der Waals surface area (Å²) in [5.74, 6) is 5.51. The molecule has 2 heteroatoms. The molecule has 3 saturated carbocycles. The van der Waals surface area contributed by atoms with E-state index in [-0.39, 0.29) is 5.41 Å². The third-order valence-corrected chi connectivity index (χ3v) is 10.9. The molecular weight excluding hydrogens is 368 g/mol. The van der Waals surface area contributed by atoms with Gasteiger partial charge in [0.2, 0.25) is 0 Å². The Labute approximate surface area is 185 Å². The molecule has 9 unspecified atom stereocenters. The van der Waals surface area contributed by atoms with Gasteiger partial charge in [0.1, 0.15) is 0 Å². The summed E-state index contributed by atoms with van der Waals surface area (Å²) in [5.41, 5.74) is 1.42. The number of rotatable bonds is 5. The number of hydrogen-bond acceptors (Lipinski definition) is 2. The molecule has 4 aliphatic rings. The molecule has 0 aromatic carbocycles. The average molecular weight is 415 g/mol. The summed E-state index contributed by atoms with van der Waals surface area (Å²) in [5, 5.41) is 10.2. The molecule has 0 amide bonds. The molecule has 0 bridgehead atoms. The topological polar surface area (TPSA) is 37.3 Å². The van der Waals surface area contributed by atoms with E-state index in [4.69, 9.17) is 0 Å². The second kappa shape index (κ2) is 8.05. The van der Waals surface area contributed by atoms with Crippen LogP contribution < -0.4 is 0 Å². The molecule has 9 atom stereocenters. The number of ketones is 1. The Kier molecular flexibility index (Phi) is 6.06. The maximum atomic E-state index is 13.2. The first-order chi connectivity index (χ1) is 14.1. The Balaban J connectivity index is 1.52. The van der Waals surface area contributed by atoms with E-state index in [1.165, 1.54) is 38.5 Å². The summed E-state index contributed by atoms with van der Waals surface area (Å²) in [4.78, 5) is 13.2. The van der Waals surface area contributed by atoms with Gasteiger partial charge in [-0.1, -0.05) is 54.4 Å². The smallest absolute Gasteiger partial charge is 0.159 e. The van der Waals surface area contributed by atoms with E-state index in [1.54, 1.807) is 0 Å². The van der Waals surface area contributed by atoms with E-state index in [0.717, 1.165) is 54.4 Å². The number of hydrogen-bond donors (Lipinski definition) is 1. The van der Waals surface area contributed by atoms with Crippen LogP contribution in [0.25, 0.3) is 0 Å². The van der Waals surface area contributed by atoms with E-state index < -0.39 is 6.10 Å². The predicted octanol–water partition coefficient (Wildman–Crippen LogP) is 6.81. The van der Waals surface area contributed by atoms with Crippen LogP contribution >= 0.6 is 0 Å². The van der Waals surface area contributed by atoms with Crippen molar-refractivity contribution in [3.05, 3.63) is 11.6 Å². The fraction of sp³-hybridized carbons (Fsp3) is 0.893. The number of Topliss-reactive ketones (excluding diaryl/α,β-unsaturated/α-hetero) is 1. The summed E-state index contributed by atoms with van der Waals surface area (Å²) < 4.78 is 0. The van der Waals surface area contributed by atoms with Gasteiger partial charge in [-0.05, 0) is 102 Å². The maximum Gasteiger partial charge on any atom is 0.159 e. The highest BCUT2D eigenvalue weighted by molar-refractivity contribution is 5.98. The minimum Gasteiger partial charge on any atom is -0.389 e. The van der Waals surface area contributed by atoms with Crippen molar-refractivity contribution in [1.82, 2.24) is 0 Å². The van der Waals surface area contributed by atoms with Crippen molar-refractivity contribution in [2.24, 2.45) is 52.3 Å². The number of allylic oxidation sites excluding steroid dienone is 1. The van der Waals surface area contributed by atoms with Crippen LogP contribution in [-0.4, -0.2) is 17.0 Å². The van der Waals surface area contributed by atoms with E-state index in [1.807, 2.05) is 6.08 Å². The zero-order valence-corrected chi connectivity index (χ0v) is 20.4.